The number of thiophene rings is 1. The lowest BCUT2D eigenvalue weighted by Gasteiger charge is -2.03. The van der Waals surface area contributed by atoms with Gasteiger partial charge in [-0.1, -0.05) is 0 Å². The van der Waals surface area contributed by atoms with Crippen LogP contribution in [0.4, 0.5) is 11.4 Å². The van der Waals surface area contributed by atoms with E-state index in [-0.39, 0.29) is 5.91 Å². The third kappa shape index (κ3) is 2.13. The number of aromatic nitrogens is 2. The number of hydrogen-bond acceptors (Lipinski definition) is 5. The van der Waals surface area contributed by atoms with Crippen LogP contribution in [0.5, 0.6) is 0 Å². The van der Waals surface area contributed by atoms with Gasteiger partial charge in [0.1, 0.15) is 4.88 Å². The van der Waals surface area contributed by atoms with Crippen LogP contribution in [0.25, 0.3) is 10.1 Å². The number of fused-ring (bicyclic) bond motifs is 1. The maximum atomic E-state index is 12.2. The maximum absolute atomic E-state index is 12.2. The van der Waals surface area contributed by atoms with E-state index in [0.717, 1.165) is 10.1 Å². The molecule has 3 N–H and O–H groups in total. The van der Waals surface area contributed by atoms with E-state index in [1.54, 1.807) is 36.9 Å². The Labute approximate surface area is 113 Å². The van der Waals surface area contributed by atoms with Crippen molar-refractivity contribution in [3.8, 4) is 0 Å². The van der Waals surface area contributed by atoms with Crippen LogP contribution in [0.1, 0.15) is 9.67 Å². The molecule has 1 amide bonds. The van der Waals surface area contributed by atoms with Gasteiger partial charge < -0.3 is 11.1 Å². The van der Waals surface area contributed by atoms with E-state index in [9.17, 15) is 4.79 Å². The third-order valence-electron chi connectivity index (χ3n) is 2.66. The molecule has 3 aromatic rings. The first-order valence-electron chi connectivity index (χ1n) is 5.59. The molecule has 0 unspecified atom stereocenters. The van der Waals surface area contributed by atoms with Crippen molar-refractivity contribution in [1.29, 1.82) is 0 Å². The van der Waals surface area contributed by atoms with Gasteiger partial charge in [0.25, 0.3) is 5.91 Å². The smallest absolute Gasteiger partial charge is 0.267 e. The summed E-state index contributed by atoms with van der Waals surface area (Å²) in [5, 5.41) is 3.63. The lowest BCUT2D eigenvalue weighted by Crippen LogP contribution is -2.11. The summed E-state index contributed by atoms with van der Waals surface area (Å²) in [5.41, 5.74) is 7.13. The zero-order chi connectivity index (χ0) is 13.2. The molecule has 0 aromatic carbocycles. The van der Waals surface area contributed by atoms with Crippen LogP contribution >= 0.6 is 11.3 Å². The van der Waals surface area contributed by atoms with E-state index in [0.29, 0.717) is 16.3 Å². The summed E-state index contributed by atoms with van der Waals surface area (Å²) in [7, 11) is 0. The van der Waals surface area contributed by atoms with Gasteiger partial charge >= 0.3 is 0 Å². The van der Waals surface area contributed by atoms with Crippen LogP contribution < -0.4 is 11.1 Å². The van der Waals surface area contributed by atoms with E-state index >= 15 is 0 Å². The molecule has 0 saturated carbocycles. The van der Waals surface area contributed by atoms with Crippen molar-refractivity contribution in [3.05, 3.63) is 47.9 Å². The second-order valence-corrected chi connectivity index (χ2v) is 4.96. The highest BCUT2D eigenvalue weighted by Gasteiger charge is 2.16. The first-order valence-corrected chi connectivity index (χ1v) is 6.41. The summed E-state index contributed by atoms with van der Waals surface area (Å²) in [5.74, 6) is -0.230. The number of nitrogens with two attached hydrogens (primary N) is 1. The molecule has 19 heavy (non-hydrogen) atoms. The lowest BCUT2D eigenvalue weighted by atomic mass is 10.2. The molecule has 0 aliphatic heterocycles. The summed E-state index contributed by atoms with van der Waals surface area (Å²) >= 11 is 1.33. The summed E-state index contributed by atoms with van der Waals surface area (Å²) in [6.45, 7) is 0. The van der Waals surface area contributed by atoms with Crippen molar-refractivity contribution in [2.24, 2.45) is 0 Å². The number of hydrogen-bond donors (Lipinski definition) is 2. The second-order valence-electron chi connectivity index (χ2n) is 3.91. The van der Waals surface area contributed by atoms with E-state index in [4.69, 9.17) is 5.73 Å². The molecule has 0 atom stereocenters. The molecule has 5 nitrogen and oxygen atoms in total. The van der Waals surface area contributed by atoms with Gasteiger partial charge in [0.05, 0.1) is 22.3 Å². The van der Waals surface area contributed by atoms with Crippen LogP contribution in [0.15, 0.2) is 43.0 Å². The van der Waals surface area contributed by atoms with Crippen molar-refractivity contribution in [1.82, 2.24) is 9.97 Å². The molecular weight excluding hydrogens is 260 g/mol. The van der Waals surface area contributed by atoms with Crippen LogP contribution in [-0.4, -0.2) is 15.9 Å². The summed E-state index contributed by atoms with van der Waals surface area (Å²) in [6, 6.07) is 5.34. The number of carbonyl (C=O) groups excluding carboxylic acids is 1. The minimum atomic E-state index is -0.230. The largest absolute Gasteiger partial charge is 0.397 e. The van der Waals surface area contributed by atoms with Gasteiger partial charge in [0.15, 0.2) is 0 Å². The summed E-state index contributed by atoms with van der Waals surface area (Å²) < 4.78 is 0.899. The normalized spacial score (nSPS) is 10.5. The van der Waals surface area contributed by atoms with Crippen LogP contribution in [-0.2, 0) is 0 Å². The monoisotopic (exact) mass is 270 g/mol. The van der Waals surface area contributed by atoms with Crippen molar-refractivity contribution in [2.45, 2.75) is 0 Å². The minimum Gasteiger partial charge on any atom is -0.397 e. The molecule has 3 aromatic heterocycles. The summed E-state index contributed by atoms with van der Waals surface area (Å²) in [6.07, 6.45) is 6.60. The molecule has 3 rings (SSSR count). The number of nitrogens with zero attached hydrogens (tertiary/aromatic N) is 2. The molecule has 0 bridgehead atoms. The molecule has 3 heterocycles. The number of pyridine rings is 2. The number of nitrogens with one attached hydrogen (secondary N) is 1. The molecule has 0 radical (unpaired) electrons. The molecule has 6 heteroatoms. The van der Waals surface area contributed by atoms with E-state index in [1.165, 1.54) is 11.3 Å². The Morgan fingerprint density at radius 1 is 1.21 bits per heavy atom. The van der Waals surface area contributed by atoms with Gasteiger partial charge in [-0.15, -0.1) is 11.3 Å². The van der Waals surface area contributed by atoms with Gasteiger partial charge in [-0.2, -0.15) is 0 Å². The highest BCUT2D eigenvalue weighted by Crippen LogP contribution is 2.33. The Morgan fingerprint density at radius 3 is 2.79 bits per heavy atom. The Kier molecular flexibility index (Phi) is 2.85. The molecule has 0 aliphatic carbocycles. The zero-order valence-electron chi connectivity index (χ0n) is 9.83. The van der Waals surface area contributed by atoms with Crippen LogP contribution in [0, 0.1) is 0 Å². The zero-order valence-corrected chi connectivity index (χ0v) is 10.6. The maximum Gasteiger partial charge on any atom is 0.267 e. The van der Waals surface area contributed by atoms with Gasteiger partial charge in [-0.05, 0) is 18.2 Å². The van der Waals surface area contributed by atoms with Crippen LogP contribution in [0.3, 0.4) is 0 Å². The number of amides is 1. The average molecular weight is 270 g/mol. The molecule has 0 saturated heterocycles. The predicted molar refractivity (Wildman–Crippen MR) is 76.2 cm³/mol. The Bertz CT molecular complexity index is 739. The highest BCUT2D eigenvalue weighted by molar-refractivity contribution is 7.21. The average Bonchev–Trinajstić information content (AvgIpc) is 2.78. The highest BCUT2D eigenvalue weighted by atomic mass is 32.1. The summed E-state index contributed by atoms with van der Waals surface area (Å²) in [4.78, 5) is 20.6. The van der Waals surface area contributed by atoms with Gasteiger partial charge in [0, 0.05) is 24.0 Å². The number of anilines is 2. The minimum absolute atomic E-state index is 0.230. The Hall–Kier alpha value is -2.47. The molecule has 94 valence electrons. The topological polar surface area (TPSA) is 80.9 Å². The third-order valence-corrected chi connectivity index (χ3v) is 3.81. The van der Waals surface area contributed by atoms with E-state index in [2.05, 4.69) is 15.3 Å². The van der Waals surface area contributed by atoms with E-state index in [1.807, 2.05) is 6.07 Å². The first kappa shape index (κ1) is 11.6. The number of nitrogen functional groups attached to an aromatic ring is 1. The molecule has 0 aliphatic rings. The van der Waals surface area contributed by atoms with Crippen molar-refractivity contribution >= 4 is 38.7 Å². The SMILES string of the molecule is Nc1c(C(=O)Nc2cccnc2)sc2cnccc12. The van der Waals surface area contributed by atoms with Crippen molar-refractivity contribution in [2.75, 3.05) is 11.1 Å². The fourth-order valence-electron chi connectivity index (χ4n) is 1.76. The van der Waals surface area contributed by atoms with Gasteiger partial charge in [-0.3, -0.25) is 14.8 Å². The molecule has 0 fully saturated rings. The lowest BCUT2D eigenvalue weighted by molar-refractivity contribution is 0.103. The van der Waals surface area contributed by atoms with Crippen LogP contribution in [0.2, 0.25) is 0 Å². The molecule has 0 spiro atoms. The predicted octanol–water partition coefficient (Wildman–Crippen LogP) is 2.53. The molecular formula is C13H10N4OS. The Balaban J connectivity index is 1.96. The second kappa shape index (κ2) is 4.66. The van der Waals surface area contributed by atoms with Gasteiger partial charge in [0.2, 0.25) is 0 Å². The van der Waals surface area contributed by atoms with E-state index < -0.39 is 0 Å². The van der Waals surface area contributed by atoms with Crippen molar-refractivity contribution < 1.29 is 4.79 Å². The number of carbonyl (C=O) groups is 1. The quantitative estimate of drug-likeness (QED) is 0.749. The fraction of sp³-hybridized carbons (Fsp3) is 0. The van der Waals surface area contributed by atoms with Crippen molar-refractivity contribution in [3.63, 3.8) is 0 Å². The van der Waals surface area contributed by atoms with Gasteiger partial charge in [-0.25, -0.2) is 0 Å². The fourth-order valence-corrected chi connectivity index (χ4v) is 2.75. The first-order chi connectivity index (χ1) is 9.25. The standard InChI is InChI=1S/C13H10N4OS/c14-11-9-3-5-16-7-10(9)19-12(11)13(18)17-8-2-1-4-15-6-8/h1-7H,14H2,(H,17,18). The Morgan fingerprint density at radius 2 is 2.05 bits per heavy atom. The number of rotatable bonds is 2.